The van der Waals surface area contributed by atoms with Crippen molar-refractivity contribution in [2.24, 2.45) is 0 Å². The van der Waals surface area contributed by atoms with Gasteiger partial charge >= 0.3 is 0 Å². The molecule has 0 atom stereocenters. The number of anilines is 3. The molecule has 0 aromatic heterocycles. The number of nitrogens with zero attached hydrogens (tertiary/aromatic N) is 1. The number of hydrogen-bond donors (Lipinski definition) is 0. The van der Waals surface area contributed by atoms with E-state index in [9.17, 15) is 0 Å². The second-order valence-electron chi connectivity index (χ2n) is 14.1. The zero-order chi connectivity index (χ0) is 33.4. The quantitative estimate of drug-likeness (QED) is 0.174. The summed E-state index contributed by atoms with van der Waals surface area (Å²) in [6.45, 7) is 4.73. The third-order valence-electron chi connectivity index (χ3n) is 11.0. The molecule has 1 aliphatic carbocycles. The molecule has 9 aromatic rings. The maximum atomic E-state index is 2.49. The van der Waals surface area contributed by atoms with Gasteiger partial charge < -0.3 is 4.90 Å². The van der Waals surface area contributed by atoms with Crippen molar-refractivity contribution < 1.29 is 0 Å². The highest BCUT2D eigenvalue weighted by molar-refractivity contribution is 6.16. The van der Waals surface area contributed by atoms with Gasteiger partial charge in [0.25, 0.3) is 0 Å². The first kappa shape index (κ1) is 28.8. The lowest BCUT2D eigenvalue weighted by atomic mass is 9.82. The molecule has 1 heteroatoms. The van der Waals surface area contributed by atoms with Gasteiger partial charge in [-0.2, -0.15) is 0 Å². The van der Waals surface area contributed by atoms with Gasteiger partial charge in [-0.1, -0.05) is 153 Å². The monoisotopic (exact) mass is 637 g/mol. The Bertz CT molecular complexity index is 2800. The van der Waals surface area contributed by atoms with Crippen LogP contribution in [0.4, 0.5) is 17.1 Å². The molecule has 50 heavy (non-hydrogen) atoms. The van der Waals surface area contributed by atoms with E-state index >= 15 is 0 Å². The molecule has 0 unspecified atom stereocenters. The van der Waals surface area contributed by atoms with Crippen molar-refractivity contribution in [2.45, 2.75) is 19.3 Å². The second-order valence-corrected chi connectivity index (χ2v) is 14.1. The van der Waals surface area contributed by atoms with E-state index in [0.717, 1.165) is 11.4 Å². The van der Waals surface area contributed by atoms with Crippen LogP contribution in [0.5, 0.6) is 0 Å². The first-order valence-electron chi connectivity index (χ1n) is 17.5. The van der Waals surface area contributed by atoms with Gasteiger partial charge in [0.1, 0.15) is 0 Å². The maximum absolute atomic E-state index is 2.49. The van der Waals surface area contributed by atoms with Crippen LogP contribution in [0.1, 0.15) is 25.0 Å². The summed E-state index contributed by atoms with van der Waals surface area (Å²) < 4.78 is 0. The van der Waals surface area contributed by atoms with E-state index in [1.165, 1.54) is 82.2 Å². The van der Waals surface area contributed by atoms with E-state index in [0.29, 0.717) is 0 Å². The van der Waals surface area contributed by atoms with Gasteiger partial charge in [-0.15, -0.1) is 0 Å². The van der Waals surface area contributed by atoms with E-state index in [1.807, 2.05) is 0 Å². The zero-order valence-corrected chi connectivity index (χ0v) is 28.2. The molecule has 0 aliphatic heterocycles. The highest BCUT2D eigenvalue weighted by Gasteiger charge is 2.36. The van der Waals surface area contributed by atoms with Crippen LogP contribution in [0.15, 0.2) is 176 Å². The fourth-order valence-corrected chi connectivity index (χ4v) is 8.58. The second kappa shape index (κ2) is 10.9. The fraction of sp³-hybridized carbons (Fsp3) is 0.0612. The van der Waals surface area contributed by atoms with Crippen molar-refractivity contribution in [3.63, 3.8) is 0 Å². The number of fused-ring (bicyclic) bond motifs is 9. The van der Waals surface area contributed by atoms with E-state index < -0.39 is 0 Å². The molecule has 0 amide bonds. The summed E-state index contributed by atoms with van der Waals surface area (Å²) in [5.41, 5.74) is 11.2. The molecule has 0 heterocycles. The molecule has 10 rings (SSSR count). The smallest absolute Gasteiger partial charge is 0.0546 e. The zero-order valence-electron chi connectivity index (χ0n) is 28.2. The minimum atomic E-state index is -0.106. The minimum absolute atomic E-state index is 0.106. The van der Waals surface area contributed by atoms with Crippen LogP contribution in [-0.4, -0.2) is 0 Å². The Kier molecular flexibility index (Phi) is 6.29. The third kappa shape index (κ3) is 4.27. The summed E-state index contributed by atoms with van der Waals surface area (Å²) >= 11 is 0. The van der Waals surface area contributed by atoms with Crippen LogP contribution < -0.4 is 4.90 Å². The van der Waals surface area contributed by atoms with Crippen molar-refractivity contribution in [3.8, 4) is 22.3 Å². The van der Waals surface area contributed by atoms with Gasteiger partial charge in [-0.05, 0) is 107 Å². The molecular formula is C49H35N. The molecule has 0 N–H and O–H groups in total. The molecule has 1 nitrogen and oxygen atoms in total. The molecular weight excluding hydrogens is 603 g/mol. The third-order valence-corrected chi connectivity index (χ3v) is 11.0. The standard InChI is InChI=1S/C49H35N/c1-49(2)46-25-12-11-23-42(46)43-27-26-36(31-47(43)49)50(48-30-34-15-4-6-19-38(34)40-21-9-10-24-44(40)48)35-17-13-16-32(28-35)45-29-33-14-3-5-18-37(33)39-20-7-8-22-41(39)45/h3-31H,1-2H3. The molecule has 0 saturated carbocycles. The van der Waals surface area contributed by atoms with Crippen LogP contribution in [0, 0.1) is 0 Å². The van der Waals surface area contributed by atoms with E-state index in [-0.39, 0.29) is 5.41 Å². The van der Waals surface area contributed by atoms with Crippen LogP contribution in [0.3, 0.4) is 0 Å². The minimum Gasteiger partial charge on any atom is -0.310 e. The first-order chi connectivity index (χ1) is 24.6. The van der Waals surface area contributed by atoms with Gasteiger partial charge in [0.2, 0.25) is 0 Å². The highest BCUT2D eigenvalue weighted by atomic mass is 15.1. The van der Waals surface area contributed by atoms with E-state index in [1.54, 1.807) is 0 Å². The SMILES string of the molecule is CC1(C)c2ccccc2-c2ccc(N(c3cccc(-c4cc5ccccc5c5ccccc45)c3)c3cc4ccccc4c4ccccc34)cc21. The van der Waals surface area contributed by atoms with Gasteiger partial charge in [0.15, 0.2) is 0 Å². The van der Waals surface area contributed by atoms with Gasteiger partial charge in [-0.3, -0.25) is 0 Å². The van der Waals surface area contributed by atoms with E-state index in [4.69, 9.17) is 0 Å². The predicted molar refractivity (Wildman–Crippen MR) is 214 cm³/mol. The Hall–Kier alpha value is -6.18. The van der Waals surface area contributed by atoms with Crippen molar-refractivity contribution in [2.75, 3.05) is 4.90 Å². The van der Waals surface area contributed by atoms with Crippen molar-refractivity contribution in [1.29, 1.82) is 0 Å². The Morgan fingerprint density at radius 3 is 1.68 bits per heavy atom. The molecule has 0 radical (unpaired) electrons. The molecule has 0 saturated heterocycles. The molecule has 236 valence electrons. The van der Waals surface area contributed by atoms with E-state index in [2.05, 4.69) is 195 Å². The average Bonchev–Trinajstić information content (AvgIpc) is 3.40. The average molecular weight is 638 g/mol. The summed E-state index contributed by atoms with van der Waals surface area (Å²) in [5.74, 6) is 0. The Morgan fingerprint density at radius 2 is 0.920 bits per heavy atom. The Balaban J connectivity index is 1.25. The molecule has 0 spiro atoms. The predicted octanol–water partition coefficient (Wildman–Crippen LogP) is 13.7. The molecule has 9 aromatic carbocycles. The summed E-state index contributed by atoms with van der Waals surface area (Å²) in [5, 5.41) is 10.1. The Morgan fingerprint density at radius 1 is 0.360 bits per heavy atom. The highest BCUT2D eigenvalue weighted by Crippen LogP contribution is 2.51. The number of rotatable bonds is 4. The summed E-state index contributed by atoms with van der Waals surface area (Å²) in [6, 6.07) is 65.1. The number of hydrogen-bond acceptors (Lipinski definition) is 1. The van der Waals surface area contributed by atoms with Crippen molar-refractivity contribution >= 4 is 60.2 Å². The van der Waals surface area contributed by atoms with Crippen molar-refractivity contribution in [1.82, 2.24) is 0 Å². The normalized spacial score (nSPS) is 13.2. The molecule has 0 fully saturated rings. The maximum Gasteiger partial charge on any atom is 0.0546 e. The summed E-state index contributed by atoms with van der Waals surface area (Å²) in [4.78, 5) is 2.49. The summed E-state index contributed by atoms with van der Waals surface area (Å²) in [7, 11) is 0. The van der Waals surface area contributed by atoms with Crippen LogP contribution in [-0.2, 0) is 5.41 Å². The number of benzene rings is 9. The first-order valence-corrected chi connectivity index (χ1v) is 17.5. The van der Waals surface area contributed by atoms with Crippen LogP contribution in [0.25, 0.3) is 65.3 Å². The van der Waals surface area contributed by atoms with Crippen LogP contribution in [0.2, 0.25) is 0 Å². The summed E-state index contributed by atoms with van der Waals surface area (Å²) in [6.07, 6.45) is 0. The van der Waals surface area contributed by atoms with Gasteiger partial charge in [-0.25, -0.2) is 0 Å². The van der Waals surface area contributed by atoms with Crippen LogP contribution >= 0.6 is 0 Å². The Labute approximate surface area is 292 Å². The van der Waals surface area contributed by atoms with Gasteiger partial charge in [0, 0.05) is 22.2 Å². The largest absolute Gasteiger partial charge is 0.310 e. The topological polar surface area (TPSA) is 3.24 Å². The van der Waals surface area contributed by atoms with Crippen molar-refractivity contribution in [3.05, 3.63) is 187 Å². The van der Waals surface area contributed by atoms with Gasteiger partial charge in [0.05, 0.1) is 5.69 Å². The molecule has 0 bridgehead atoms. The lowest BCUT2D eigenvalue weighted by Crippen LogP contribution is -2.16. The molecule has 1 aliphatic rings. The lowest BCUT2D eigenvalue weighted by molar-refractivity contribution is 0.660. The lowest BCUT2D eigenvalue weighted by Gasteiger charge is -2.30. The fourth-order valence-electron chi connectivity index (χ4n) is 8.58.